The number of nitrogens with zero attached hydrogens (tertiary/aromatic N) is 5. The van der Waals surface area contributed by atoms with E-state index in [9.17, 15) is 14.9 Å². The fourth-order valence-corrected chi connectivity index (χ4v) is 7.35. The first-order valence-corrected chi connectivity index (χ1v) is 15.1. The first-order valence-electron chi connectivity index (χ1n) is 13.9. The monoisotopic (exact) mass is 561 g/mol. The Balaban J connectivity index is 1.51. The fraction of sp³-hybridized carbons (Fsp3) is 0.467. The zero-order valence-electron chi connectivity index (χ0n) is 22.7. The molecule has 1 aromatic carbocycles. The Hall–Kier alpha value is -2.93. The van der Waals surface area contributed by atoms with Crippen LogP contribution >= 0.6 is 24.0 Å². The molecular formula is C30H35N5O2S2. The standard InChI is InChI=1S/C30H35N5O2S2/c1-3-13-34-27(33-16-14-32(15-17-33)20-22-9-5-4-6-10-22)24(21(2)25(19-31)28(34)36)18-26-29(37)35(30(38)39-26)23-11-7-8-12-23/h4-6,9-10,18,23H,3,7-8,11-17,20H2,1-2H3/b26-18-. The molecule has 9 heteroatoms. The maximum atomic E-state index is 13.6. The van der Waals surface area contributed by atoms with Gasteiger partial charge in [0, 0.05) is 50.9 Å². The normalized spacial score (nSPS) is 19.9. The molecule has 7 nitrogen and oxygen atoms in total. The first kappa shape index (κ1) is 27.6. The highest BCUT2D eigenvalue weighted by atomic mass is 32.2. The number of carbonyl (C=O) groups excluding carboxylic acids is 1. The van der Waals surface area contributed by atoms with Crippen molar-refractivity contribution in [2.45, 2.75) is 65.1 Å². The summed E-state index contributed by atoms with van der Waals surface area (Å²) in [5.41, 5.74) is 2.58. The van der Waals surface area contributed by atoms with Gasteiger partial charge in [0.1, 0.15) is 21.8 Å². The van der Waals surface area contributed by atoms with E-state index in [1.54, 1.807) is 9.47 Å². The molecule has 0 spiro atoms. The number of aromatic nitrogens is 1. The molecule has 3 fully saturated rings. The highest BCUT2D eigenvalue weighted by molar-refractivity contribution is 8.26. The van der Waals surface area contributed by atoms with Crippen LogP contribution in [-0.4, -0.2) is 56.8 Å². The van der Waals surface area contributed by atoms with E-state index in [1.807, 2.05) is 26.0 Å². The van der Waals surface area contributed by atoms with Gasteiger partial charge in [-0.05, 0) is 43.4 Å². The summed E-state index contributed by atoms with van der Waals surface area (Å²) in [6.45, 7) is 8.49. The second kappa shape index (κ2) is 12.1. The van der Waals surface area contributed by atoms with Gasteiger partial charge in [-0.15, -0.1) is 0 Å². The molecule has 2 aliphatic heterocycles. The summed E-state index contributed by atoms with van der Waals surface area (Å²) in [5, 5.41) is 9.93. The maximum absolute atomic E-state index is 13.6. The van der Waals surface area contributed by atoms with E-state index < -0.39 is 0 Å². The zero-order valence-corrected chi connectivity index (χ0v) is 24.3. The number of thiocarbonyl (C=S) groups is 1. The molecule has 0 atom stereocenters. The molecule has 0 unspecified atom stereocenters. The van der Waals surface area contributed by atoms with Crippen LogP contribution in [0.4, 0.5) is 5.82 Å². The number of piperazine rings is 1. The molecule has 2 saturated heterocycles. The van der Waals surface area contributed by atoms with Crippen LogP contribution < -0.4 is 10.5 Å². The van der Waals surface area contributed by atoms with E-state index in [0.717, 1.165) is 76.2 Å². The van der Waals surface area contributed by atoms with Crippen molar-refractivity contribution in [2.75, 3.05) is 31.1 Å². The van der Waals surface area contributed by atoms with Gasteiger partial charge in [-0.2, -0.15) is 5.26 Å². The Morgan fingerprint density at radius 2 is 1.79 bits per heavy atom. The number of hydrogen-bond acceptors (Lipinski definition) is 7. The van der Waals surface area contributed by atoms with Crippen molar-refractivity contribution in [2.24, 2.45) is 0 Å². The predicted octanol–water partition coefficient (Wildman–Crippen LogP) is 4.90. The van der Waals surface area contributed by atoms with Crippen molar-refractivity contribution in [3.05, 3.63) is 67.8 Å². The second-order valence-electron chi connectivity index (χ2n) is 10.5. The quantitative estimate of drug-likeness (QED) is 0.352. The van der Waals surface area contributed by atoms with E-state index in [4.69, 9.17) is 12.2 Å². The molecule has 0 bridgehead atoms. The minimum atomic E-state index is -0.255. The van der Waals surface area contributed by atoms with E-state index in [0.29, 0.717) is 21.3 Å². The maximum Gasteiger partial charge on any atom is 0.270 e. The molecule has 204 valence electrons. The number of benzene rings is 1. The predicted molar refractivity (Wildman–Crippen MR) is 162 cm³/mol. The number of rotatable bonds is 7. The lowest BCUT2D eigenvalue weighted by Gasteiger charge is -2.38. The van der Waals surface area contributed by atoms with Gasteiger partial charge >= 0.3 is 0 Å². The Morgan fingerprint density at radius 3 is 2.44 bits per heavy atom. The molecule has 3 aliphatic rings. The van der Waals surface area contributed by atoms with Crippen molar-refractivity contribution >= 4 is 46.1 Å². The topological polar surface area (TPSA) is 72.6 Å². The molecule has 0 N–H and O–H groups in total. The molecule has 3 heterocycles. The first-order chi connectivity index (χ1) is 18.9. The minimum absolute atomic E-state index is 0.0540. The van der Waals surface area contributed by atoms with Gasteiger partial charge in [0.2, 0.25) is 0 Å². The van der Waals surface area contributed by atoms with Crippen molar-refractivity contribution in [1.29, 1.82) is 5.26 Å². The summed E-state index contributed by atoms with van der Waals surface area (Å²) in [4.78, 5) is 34.1. The second-order valence-corrected chi connectivity index (χ2v) is 12.2. The van der Waals surface area contributed by atoms with Gasteiger partial charge in [-0.25, -0.2) is 0 Å². The Bertz CT molecular complexity index is 1380. The Kier molecular flexibility index (Phi) is 8.55. The largest absolute Gasteiger partial charge is 0.355 e. The number of pyridine rings is 1. The summed E-state index contributed by atoms with van der Waals surface area (Å²) in [6.07, 6.45) is 6.86. The Morgan fingerprint density at radius 1 is 1.10 bits per heavy atom. The third-order valence-corrected chi connectivity index (χ3v) is 9.33. The third kappa shape index (κ3) is 5.56. The van der Waals surface area contributed by atoms with Crippen LogP contribution in [-0.2, 0) is 17.9 Å². The van der Waals surface area contributed by atoms with Crippen LogP contribution in [0.3, 0.4) is 0 Å². The van der Waals surface area contributed by atoms with Gasteiger partial charge in [0.25, 0.3) is 11.5 Å². The lowest BCUT2D eigenvalue weighted by atomic mass is 10.0. The van der Waals surface area contributed by atoms with E-state index in [-0.39, 0.29) is 23.1 Å². The third-order valence-electron chi connectivity index (χ3n) is 8.00. The molecule has 5 rings (SSSR count). The molecule has 1 aliphatic carbocycles. The van der Waals surface area contributed by atoms with Crippen LogP contribution in [0.15, 0.2) is 40.0 Å². The average molecular weight is 562 g/mol. The highest BCUT2D eigenvalue weighted by Crippen LogP contribution is 2.39. The van der Waals surface area contributed by atoms with Gasteiger partial charge < -0.3 is 4.90 Å². The summed E-state index contributed by atoms with van der Waals surface area (Å²) in [5.74, 6) is 0.755. The molecule has 1 aromatic heterocycles. The van der Waals surface area contributed by atoms with Gasteiger partial charge in [0.05, 0.1) is 4.91 Å². The zero-order chi connectivity index (χ0) is 27.5. The summed E-state index contributed by atoms with van der Waals surface area (Å²) >= 11 is 6.98. The molecular weight excluding hydrogens is 526 g/mol. The summed E-state index contributed by atoms with van der Waals surface area (Å²) in [6, 6.07) is 12.8. The van der Waals surface area contributed by atoms with Crippen LogP contribution in [0.2, 0.25) is 0 Å². The fourth-order valence-electron chi connectivity index (χ4n) is 5.96. The van der Waals surface area contributed by atoms with Gasteiger partial charge in [-0.3, -0.25) is 24.0 Å². The van der Waals surface area contributed by atoms with Crippen LogP contribution in [0.25, 0.3) is 6.08 Å². The van der Waals surface area contributed by atoms with Gasteiger partial charge in [0.15, 0.2) is 0 Å². The molecule has 2 aromatic rings. The summed E-state index contributed by atoms with van der Waals surface area (Å²) in [7, 11) is 0. The lowest BCUT2D eigenvalue weighted by molar-refractivity contribution is -0.123. The smallest absolute Gasteiger partial charge is 0.270 e. The van der Waals surface area contributed by atoms with Crippen LogP contribution in [0, 0.1) is 18.3 Å². The lowest BCUT2D eigenvalue weighted by Crippen LogP contribution is -2.48. The molecule has 39 heavy (non-hydrogen) atoms. The number of nitriles is 1. The van der Waals surface area contributed by atoms with Crippen LogP contribution in [0.5, 0.6) is 0 Å². The average Bonchev–Trinajstić information content (AvgIpc) is 3.56. The molecule has 0 radical (unpaired) electrons. The highest BCUT2D eigenvalue weighted by Gasteiger charge is 2.38. The Labute approximate surface area is 240 Å². The van der Waals surface area contributed by atoms with Crippen molar-refractivity contribution in [3.8, 4) is 6.07 Å². The number of thioether (sulfide) groups is 1. The minimum Gasteiger partial charge on any atom is -0.355 e. The number of carbonyl (C=O) groups is 1. The number of hydrogen-bond donors (Lipinski definition) is 0. The van der Waals surface area contributed by atoms with E-state index >= 15 is 0 Å². The SMILES string of the molecule is CCCn1c(N2CCN(Cc3ccccc3)CC2)c(/C=C2\SC(=S)N(C3CCCC3)C2=O)c(C)c(C#N)c1=O. The van der Waals surface area contributed by atoms with E-state index in [2.05, 4.69) is 40.1 Å². The van der Waals surface area contributed by atoms with Gasteiger partial charge in [-0.1, -0.05) is 74.1 Å². The number of anilines is 1. The van der Waals surface area contributed by atoms with Crippen molar-refractivity contribution in [3.63, 3.8) is 0 Å². The summed E-state index contributed by atoms with van der Waals surface area (Å²) < 4.78 is 2.36. The number of amides is 1. The van der Waals surface area contributed by atoms with Crippen molar-refractivity contribution in [1.82, 2.24) is 14.4 Å². The van der Waals surface area contributed by atoms with Crippen LogP contribution in [0.1, 0.15) is 61.3 Å². The molecule has 1 amide bonds. The molecule has 1 saturated carbocycles. The van der Waals surface area contributed by atoms with E-state index in [1.165, 1.54) is 17.3 Å². The van der Waals surface area contributed by atoms with Crippen molar-refractivity contribution < 1.29 is 4.79 Å².